The smallest absolute Gasteiger partial charge is 0.141 e. The van der Waals surface area contributed by atoms with Crippen molar-refractivity contribution >= 4 is 17.6 Å². The first-order chi connectivity index (χ1) is 9.28. The SMILES string of the molecule is CCCNc1cc(C)nc(CSc2ccccn2)n1. The molecule has 0 fully saturated rings. The van der Waals surface area contributed by atoms with E-state index in [0.29, 0.717) is 0 Å². The minimum absolute atomic E-state index is 0.736. The number of nitrogens with zero attached hydrogens (tertiary/aromatic N) is 3. The topological polar surface area (TPSA) is 50.7 Å². The van der Waals surface area contributed by atoms with Crippen molar-refractivity contribution in [3.63, 3.8) is 0 Å². The number of rotatable bonds is 6. The molecule has 2 aromatic rings. The summed E-state index contributed by atoms with van der Waals surface area (Å²) in [4.78, 5) is 13.3. The van der Waals surface area contributed by atoms with E-state index >= 15 is 0 Å². The zero-order chi connectivity index (χ0) is 13.5. The van der Waals surface area contributed by atoms with Crippen molar-refractivity contribution in [1.82, 2.24) is 15.0 Å². The second kappa shape index (κ2) is 7.09. The average Bonchev–Trinajstić information content (AvgIpc) is 2.43. The Morgan fingerprint density at radius 3 is 2.89 bits per heavy atom. The number of aromatic nitrogens is 3. The van der Waals surface area contributed by atoms with E-state index in [9.17, 15) is 0 Å². The van der Waals surface area contributed by atoms with Crippen LogP contribution in [0, 0.1) is 6.92 Å². The first-order valence-corrected chi connectivity index (χ1v) is 7.38. The van der Waals surface area contributed by atoms with Gasteiger partial charge in [0.1, 0.15) is 11.6 Å². The van der Waals surface area contributed by atoms with Crippen molar-refractivity contribution in [2.75, 3.05) is 11.9 Å². The number of hydrogen-bond acceptors (Lipinski definition) is 5. The molecule has 0 aliphatic heterocycles. The summed E-state index contributed by atoms with van der Waals surface area (Å²) in [5.41, 5.74) is 0.991. The van der Waals surface area contributed by atoms with Gasteiger partial charge in [-0.25, -0.2) is 15.0 Å². The molecule has 0 unspecified atom stereocenters. The Morgan fingerprint density at radius 1 is 1.26 bits per heavy atom. The zero-order valence-electron chi connectivity index (χ0n) is 11.3. The molecule has 0 aliphatic carbocycles. The highest BCUT2D eigenvalue weighted by Crippen LogP contribution is 2.19. The molecule has 2 aromatic heterocycles. The Morgan fingerprint density at radius 2 is 2.16 bits per heavy atom. The van der Waals surface area contributed by atoms with E-state index in [-0.39, 0.29) is 0 Å². The average molecular weight is 274 g/mol. The van der Waals surface area contributed by atoms with Gasteiger partial charge in [0.15, 0.2) is 0 Å². The molecule has 2 heterocycles. The lowest BCUT2D eigenvalue weighted by Gasteiger charge is -2.07. The van der Waals surface area contributed by atoms with E-state index in [1.54, 1.807) is 18.0 Å². The summed E-state index contributed by atoms with van der Waals surface area (Å²) < 4.78 is 0. The van der Waals surface area contributed by atoms with Crippen LogP contribution >= 0.6 is 11.8 Å². The molecule has 0 aliphatic rings. The van der Waals surface area contributed by atoms with Crippen LogP contribution in [0.3, 0.4) is 0 Å². The maximum atomic E-state index is 4.52. The molecule has 100 valence electrons. The molecule has 0 spiro atoms. The predicted molar refractivity (Wildman–Crippen MR) is 79.3 cm³/mol. The fraction of sp³-hybridized carbons (Fsp3) is 0.357. The minimum atomic E-state index is 0.736. The second-order valence-corrected chi connectivity index (χ2v) is 5.19. The largest absolute Gasteiger partial charge is 0.370 e. The molecule has 0 radical (unpaired) electrons. The Bertz CT molecular complexity index is 516. The van der Waals surface area contributed by atoms with Gasteiger partial charge in [-0.2, -0.15) is 0 Å². The van der Waals surface area contributed by atoms with E-state index in [0.717, 1.165) is 41.1 Å². The number of nitrogens with one attached hydrogen (secondary N) is 1. The molecule has 2 rings (SSSR count). The van der Waals surface area contributed by atoms with Gasteiger partial charge in [-0.3, -0.25) is 0 Å². The Labute approximate surface area is 118 Å². The van der Waals surface area contributed by atoms with E-state index in [1.165, 1.54) is 0 Å². The van der Waals surface area contributed by atoms with Crippen LogP contribution in [0.2, 0.25) is 0 Å². The maximum absolute atomic E-state index is 4.52. The molecule has 5 heteroatoms. The Hall–Kier alpha value is -1.62. The van der Waals surface area contributed by atoms with Crippen LogP contribution in [0.15, 0.2) is 35.5 Å². The number of pyridine rings is 1. The van der Waals surface area contributed by atoms with Crippen molar-refractivity contribution in [3.05, 3.63) is 42.0 Å². The van der Waals surface area contributed by atoms with E-state index in [4.69, 9.17) is 0 Å². The summed E-state index contributed by atoms with van der Waals surface area (Å²) in [5.74, 6) is 2.49. The third-order valence-corrected chi connectivity index (χ3v) is 3.38. The monoisotopic (exact) mass is 274 g/mol. The van der Waals surface area contributed by atoms with Gasteiger partial charge in [-0.15, -0.1) is 0 Å². The van der Waals surface area contributed by atoms with Crippen LogP contribution in [0.5, 0.6) is 0 Å². The molecule has 4 nitrogen and oxygen atoms in total. The van der Waals surface area contributed by atoms with Gasteiger partial charge in [-0.05, 0) is 25.5 Å². The van der Waals surface area contributed by atoms with Gasteiger partial charge in [0, 0.05) is 24.5 Å². The number of hydrogen-bond donors (Lipinski definition) is 1. The number of aryl methyl sites for hydroxylation is 1. The van der Waals surface area contributed by atoms with Gasteiger partial charge >= 0.3 is 0 Å². The molecule has 0 saturated carbocycles. The van der Waals surface area contributed by atoms with E-state index in [1.807, 2.05) is 31.2 Å². The highest BCUT2D eigenvalue weighted by molar-refractivity contribution is 7.98. The molecule has 19 heavy (non-hydrogen) atoms. The normalized spacial score (nSPS) is 10.4. The molecule has 0 bridgehead atoms. The van der Waals surface area contributed by atoms with Crippen LogP contribution < -0.4 is 5.32 Å². The first kappa shape index (κ1) is 13.8. The lowest BCUT2D eigenvalue weighted by molar-refractivity contribution is 0.940. The van der Waals surface area contributed by atoms with Crippen LogP contribution in [0.4, 0.5) is 5.82 Å². The molecule has 1 N–H and O–H groups in total. The predicted octanol–water partition coefficient (Wildman–Crippen LogP) is 3.29. The fourth-order valence-electron chi connectivity index (χ4n) is 1.61. The standard InChI is InChI=1S/C14H18N4S/c1-3-7-15-12-9-11(2)17-13(18-12)10-19-14-6-4-5-8-16-14/h4-6,8-9H,3,7,10H2,1-2H3,(H,15,17,18). The quantitative estimate of drug-likeness (QED) is 0.819. The molecular formula is C14H18N4S. The van der Waals surface area contributed by atoms with Gasteiger partial charge in [0.2, 0.25) is 0 Å². The lowest BCUT2D eigenvalue weighted by atomic mass is 10.4. The summed E-state index contributed by atoms with van der Waals surface area (Å²) in [6, 6.07) is 7.88. The molecule has 0 aromatic carbocycles. The van der Waals surface area contributed by atoms with Crippen molar-refractivity contribution in [3.8, 4) is 0 Å². The molecule has 0 saturated heterocycles. The summed E-state index contributed by atoms with van der Waals surface area (Å²) in [6.45, 7) is 5.07. The number of anilines is 1. The fourth-order valence-corrected chi connectivity index (χ4v) is 2.33. The summed E-state index contributed by atoms with van der Waals surface area (Å²) in [7, 11) is 0. The molecular weight excluding hydrogens is 256 g/mol. The summed E-state index contributed by atoms with van der Waals surface area (Å²) in [5, 5.41) is 4.29. The molecule has 0 amide bonds. The highest BCUT2D eigenvalue weighted by Gasteiger charge is 2.03. The second-order valence-electron chi connectivity index (χ2n) is 4.19. The minimum Gasteiger partial charge on any atom is -0.370 e. The third-order valence-electron chi connectivity index (χ3n) is 2.44. The lowest BCUT2D eigenvalue weighted by Crippen LogP contribution is -2.05. The van der Waals surface area contributed by atoms with Crippen molar-refractivity contribution < 1.29 is 0 Å². The zero-order valence-corrected chi connectivity index (χ0v) is 12.1. The van der Waals surface area contributed by atoms with Crippen LogP contribution in [-0.2, 0) is 5.75 Å². The van der Waals surface area contributed by atoms with Crippen LogP contribution in [0.25, 0.3) is 0 Å². The first-order valence-electron chi connectivity index (χ1n) is 6.40. The van der Waals surface area contributed by atoms with Gasteiger partial charge in [0.05, 0.1) is 10.8 Å². The van der Waals surface area contributed by atoms with Crippen molar-refractivity contribution in [2.45, 2.75) is 31.0 Å². The summed E-state index contributed by atoms with van der Waals surface area (Å²) >= 11 is 1.65. The van der Waals surface area contributed by atoms with Gasteiger partial charge in [0.25, 0.3) is 0 Å². The van der Waals surface area contributed by atoms with Crippen molar-refractivity contribution in [1.29, 1.82) is 0 Å². The van der Waals surface area contributed by atoms with Crippen LogP contribution in [0.1, 0.15) is 24.9 Å². The Kier molecular flexibility index (Phi) is 5.15. The maximum Gasteiger partial charge on any atom is 0.141 e. The third kappa shape index (κ3) is 4.52. The highest BCUT2D eigenvalue weighted by atomic mass is 32.2. The van der Waals surface area contributed by atoms with Gasteiger partial charge < -0.3 is 5.32 Å². The Balaban J connectivity index is 2.01. The van der Waals surface area contributed by atoms with E-state index < -0.39 is 0 Å². The van der Waals surface area contributed by atoms with Crippen molar-refractivity contribution in [2.24, 2.45) is 0 Å². The number of thioether (sulfide) groups is 1. The van der Waals surface area contributed by atoms with Gasteiger partial charge in [-0.1, -0.05) is 24.8 Å². The van der Waals surface area contributed by atoms with Crippen LogP contribution in [-0.4, -0.2) is 21.5 Å². The molecule has 0 atom stereocenters. The summed E-state index contributed by atoms with van der Waals surface area (Å²) in [6.07, 6.45) is 2.88. The van der Waals surface area contributed by atoms with E-state index in [2.05, 4.69) is 27.2 Å².